The first-order chi connectivity index (χ1) is 13.0. The van der Waals surface area contributed by atoms with Crippen molar-refractivity contribution >= 4 is 22.9 Å². The van der Waals surface area contributed by atoms with Crippen molar-refractivity contribution in [3.63, 3.8) is 0 Å². The number of carbonyl (C=O) groups is 1. The second kappa shape index (κ2) is 7.12. The Morgan fingerprint density at radius 1 is 1.19 bits per heavy atom. The van der Waals surface area contributed by atoms with Gasteiger partial charge in [0.1, 0.15) is 10.8 Å². The Morgan fingerprint density at radius 3 is 2.70 bits per heavy atom. The van der Waals surface area contributed by atoms with E-state index < -0.39 is 0 Å². The molecule has 3 heterocycles. The lowest BCUT2D eigenvalue weighted by atomic mass is 10.0. The molecule has 4 rings (SSSR count). The topological polar surface area (TPSA) is 66.3 Å². The van der Waals surface area contributed by atoms with E-state index in [0.29, 0.717) is 12.0 Å². The number of amides is 1. The number of nitrogens with zero attached hydrogens (tertiary/aromatic N) is 3. The number of pyridine rings is 1. The number of phenols is 1. The second-order valence-corrected chi connectivity index (χ2v) is 7.84. The Hall–Kier alpha value is -2.73. The van der Waals surface area contributed by atoms with E-state index in [1.54, 1.807) is 23.4 Å². The highest BCUT2D eigenvalue weighted by molar-refractivity contribution is 7.13. The van der Waals surface area contributed by atoms with Crippen molar-refractivity contribution < 1.29 is 9.90 Å². The highest BCUT2D eigenvalue weighted by Gasteiger charge is 2.26. The quantitative estimate of drug-likeness (QED) is 0.719. The molecule has 138 valence electrons. The van der Waals surface area contributed by atoms with E-state index in [-0.39, 0.29) is 17.7 Å². The molecular weight excluding hydrogens is 358 g/mol. The number of carbonyl (C=O) groups excluding carboxylic acids is 1. The van der Waals surface area contributed by atoms with Crippen LogP contribution in [0.25, 0.3) is 21.8 Å². The van der Waals surface area contributed by atoms with Crippen molar-refractivity contribution in [2.45, 2.75) is 39.2 Å². The number of hydrogen-bond acceptors (Lipinski definition) is 5. The number of anilines is 1. The molecule has 5 nitrogen and oxygen atoms in total. The van der Waals surface area contributed by atoms with Crippen LogP contribution in [0.1, 0.15) is 32.3 Å². The lowest BCUT2D eigenvalue weighted by molar-refractivity contribution is -0.118. The van der Waals surface area contributed by atoms with Crippen LogP contribution < -0.4 is 4.90 Å². The number of aromatic nitrogens is 2. The third-order valence-corrected chi connectivity index (χ3v) is 5.68. The first kappa shape index (κ1) is 17.7. The van der Waals surface area contributed by atoms with E-state index in [9.17, 15) is 9.90 Å². The van der Waals surface area contributed by atoms with E-state index in [1.165, 1.54) is 11.3 Å². The maximum atomic E-state index is 12.5. The summed E-state index contributed by atoms with van der Waals surface area (Å²) in [5.74, 6) is 0.269. The lowest BCUT2D eigenvalue weighted by Crippen LogP contribution is -2.36. The summed E-state index contributed by atoms with van der Waals surface area (Å²) < 4.78 is 0. The summed E-state index contributed by atoms with van der Waals surface area (Å²) >= 11 is 1.54. The largest absolute Gasteiger partial charge is 0.507 e. The molecule has 1 amide bonds. The number of phenolic OH excluding ortho intramolecular Hbond substituents is 1. The lowest BCUT2D eigenvalue weighted by Gasteiger charge is -2.27. The van der Waals surface area contributed by atoms with Crippen molar-refractivity contribution in [3.8, 4) is 27.6 Å². The summed E-state index contributed by atoms with van der Waals surface area (Å²) in [6, 6.07) is 7.61. The molecule has 0 radical (unpaired) electrons. The Bertz CT molecular complexity index is 982. The number of fused-ring (bicyclic) bond motifs is 1. The molecule has 1 aliphatic heterocycles. The standard InChI is InChI=1S/C21H21N3O2S/c1-13(2)24-18-11-19(25)16(10-15(18)4-3-5-20(24)26)17-12-27-21(23-17)14-6-8-22-9-7-14/h6-13,25H,3-5H2,1-2H3. The predicted molar refractivity (Wildman–Crippen MR) is 108 cm³/mol. The molecule has 0 unspecified atom stereocenters. The summed E-state index contributed by atoms with van der Waals surface area (Å²) in [6.45, 7) is 4.00. The molecule has 3 aromatic rings. The van der Waals surface area contributed by atoms with Crippen molar-refractivity contribution in [1.82, 2.24) is 9.97 Å². The maximum Gasteiger partial charge on any atom is 0.227 e. The molecule has 0 atom stereocenters. The van der Waals surface area contributed by atoms with Crippen molar-refractivity contribution in [2.75, 3.05) is 4.90 Å². The zero-order chi connectivity index (χ0) is 19.0. The van der Waals surface area contributed by atoms with Gasteiger partial charge < -0.3 is 10.0 Å². The SMILES string of the molecule is CC(C)N1C(=O)CCCc2cc(-c3csc(-c4ccncc4)n3)c(O)cc21. The van der Waals surface area contributed by atoms with Crippen LogP contribution in [0, 0.1) is 0 Å². The number of benzene rings is 1. The van der Waals surface area contributed by atoms with Crippen LogP contribution in [0.4, 0.5) is 5.69 Å². The summed E-state index contributed by atoms with van der Waals surface area (Å²) in [6.07, 6.45) is 5.66. The van der Waals surface area contributed by atoms with Crippen molar-refractivity contribution in [1.29, 1.82) is 0 Å². The molecule has 0 saturated heterocycles. The minimum absolute atomic E-state index is 0.0529. The first-order valence-corrected chi connectivity index (χ1v) is 9.97. The summed E-state index contributed by atoms with van der Waals surface area (Å²) in [5, 5.41) is 13.5. The molecule has 1 N–H and O–H groups in total. The van der Waals surface area contributed by atoms with Crippen LogP contribution in [0.15, 0.2) is 42.0 Å². The van der Waals surface area contributed by atoms with Gasteiger partial charge in [0.2, 0.25) is 5.91 Å². The Balaban J connectivity index is 1.77. The molecule has 27 heavy (non-hydrogen) atoms. The fourth-order valence-corrected chi connectivity index (χ4v) is 4.35. The average molecular weight is 379 g/mol. The highest BCUT2D eigenvalue weighted by atomic mass is 32.1. The average Bonchev–Trinajstić information content (AvgIpc) is 3.07. The van der Waals surface area contributed by atoms with E-state index in [4.69, 9.17) is 4.98 Å². The molecule has 0 saturated carbocycles. The van der Waals surface area contributed by atoms with Gasteiger partial charge >= 0.3 is 0 Å². The van der Waals surface area contributed by atoms with Crippen LogP contribution in [-0.4, -0.2) is 27.0 Å². The zero-order valence-corrected chi connectivity index (χ0v) is 16.2. The van der Waals surface area contributed by atoms with E-state index in [0.717, 1.165) is 40.4 Å². The van der Waals surface area contributed by atoms with E-state index in [1.807, 2.05) is 37.4 Å². The van der Waals surface area contributed by atoms with Crippen LogP contribution in [0.2, 0.25) is 0 Å². The Morgan fingerprint density at radius 2 is 1.96 bits per heavy atom. The van der Waals surface area contributed by atoms with Gasteiger partial charge in [-0.15, -0.1) is 11.3 Å². The predicted octanol–water partition coefficient (Wildman–Crippen LogP) is 4.66. The van der Waals surface area contributed by atoms with Crippen LogP contribution in [0.5, 0.6) is 5.75 Å². The van der Waals surface area contributed by atoms with Crippen LogP contribution >= 0.6 is 11.3 Å². The molecule has 0 fully saturated rings. The Kier molecular flexibility index (Phi) is 4.66. The number of aryl methyl sites for hydroxylation is 1. The number of aromatic hydroxyl groups is 1. The minimum Gasteiger partial charge on any atom is -0.507 e. The Labute approximate surface area is 162 Å². The number of hydrogen-bond donors (Lipinski definition) is 1. The first-order valence-electron chi connectivity index (χ1n) is 9.09. The normalized spacial score (nSPS) is 14.3. The van der Waals surface area contributed by atoms with Gasteiger partial charge in [0.15, 0.2) is 0 Å². The fourth-order valence-electron chi connectivity index (χ4n) is 3.53. The third-order valence-electron chi connectivity index (χ3n) is 4.79. The monoisotopic (exact) mass is 379 g/mol. The van der Waals surface area contributed by atoms with Gasteiger partial charge in [-0.25, -0.2) is 4.98 Å². The highest BCUT2D eigenvalue weighted by Crippen LogP contribution is 2.40. The zero-order valence-electron chi connectivity index (χ0n) is 15.3. The fraction of sp³-hybridized carbons (Fsp3) is 0.286. The van der Waals surface area contributed by atoms with Crippen molar-refractivity contribution in [2.24, 2.45) is 0 Å². The smallest absolute Gasteiger partial charge is 0.227 e. The summed E-state index contributed by atoms with van der Waals surface area (Å²) in [4.78, 5) is 23.0. The second-order valence-electron chi connectivity index (χ2n) is 6.98. The van der Waals surface area contributed by atoms with Gasteiger partial charge in [0.05, 0.1) is 11.4 Å². The van der Waals surface area contributed by atoms with E-state index in [2.05, 4.69) is 4.98 Å². The molecule has 6 heteroatoms. The van der Waals surface area contributed by atoms with Gasteiger partial charge in [-0.1, -0.05) is 0 Å². The summed E-state index contributed by atoms with van der Waals surface area (Å²) in [5.41, 5.74) is 4.37. The molecule has 1 aliphatic rings. The molecular formula is C21H21N3O2S. The van der Waals surface area contributed by atoms with Gasteiger partial charge in [-0.05, 0) is 50.5 Å². The van der Waals surface area contributed by atoms with Crippen molar-refractivity contribution in [3.05, 3.63) is 47.6 Å². The van der Waals surface area contributed by atoms with Gasteiger partial charge in [0, 0.05) is 47.4 Å². The number of rotatable bonds is 3. The van der Waals surface area contributed by atoms with Crippen LogP contribution in [-0.2, 0) is 11.2 Å². The van der Waals surface area contributed by atoms with E-state index >= 15 is 0 Å². The summed E-state index contributed by atoms with van der Waals surface area (Å²) in [7, 11) is 0. The molecule has 0 aliphatic carbocycles. The molecule has 0 spiro atoms. The van der Waals surface area contributed by atoms with Gasteiger partial charge in [0.25, 0.3) is 0 Å². The molecule has 1 aromatic carbocycles. The molecule has 0 bridgehead atoms. The number of thiazole rings is 1. The maximum absolute atomic E-state index is 12.5. The third kappa shape index (κ3) is 3.32. The van der Waals surface area contributed by atoms with Crippen LogP contribution in [0.3, 0.4) is 0 Å². The van der Waals surface area contributed by atoms with Gasteiger partial charge in [-0.3, -0.25) is 9.78 Å². The molecule has 2 aromatic heterocycles. The van der Waals surface area contributed by atoms with Gasteiger partial charge in [-0.2, -0.15) is 0 Å². The minimum atomic E-state index is 0.0529.